The zero-order chi connectivity index (χ0) is 12.5. The number of nitrogens with zero attached hydrogens (tertiary/aromatic N) is 1. The molecule has 0 aliphatic rings. The fraction of sp³-hybridized carbons (Fsp3) is 0.385. The largest absolute Gasteiger partial charge is 0.338 e. The zero-order valence-electron chi connectivity index (χ0n) is 9.99. The monoisotopic (exact) mass is 231 g/mol. The van der Waals surface area contributed by atoms with E-state index in [1.54, 1.807) is 0 Å². The molecule has 0 spiro atoms. The molecule has 0 fully saturated rings. The molecule has 0 radical (unpaired) electrons. The van der Waals surface area contributed by atoms with Crippen LogP contribution < -0.4 is 10.6 Å². The zero-order valence-corrected chi connectivity index (χ0v) is 9.99. The minimum atomic E-state index is -0.201. The van der Waals surface area contributed by atoms with Crippen LogP contribution in [0, 0.1) is 18.3 Å². The van der Waals surface area contributed by atoms with E-state index in [4.69, 9.17) is 5.26 Å². The predicted octanol–water partition coefficient (Wildman–Crippen LogP) is 2.81. The maximum atomic E-state index is 11.5. The van der Waals surface area contributed by atoms with Gasteiger partial charge in [-0.2, -0.15) is 5.26 Å². The number of carbonyl (C=O) groups excluding carboxylic acids is 1. The van der Waals surface area contributed by atoms with Crippen molar-refractivity contribution in [2.45, 2.75) is 26.2 Å². The molecule has 0 aliphatic carbocycles. The number of amides is 2. The number of carbonyl (C=O) groups is 1. The average Bonchev–Trinajstić information content (AvgIpc) is 2.29. The van der Waals surface area contributed by atoms with Crippen molar-refractivity contribution in [3.8, 4) is 6.07 Å². The Balaban J connectivity index is 2.23. The van der Waals surface area contributed by atoms with Crippen molar-refractivity contribution < 1.29 is 4.79 Å². The Kier molecular flexibility index (Phi) is 5.59. The van der Waals surface area contributed by atoms with Gasteiger partial charge in [0.05, 0.1) is 6.07 Å². The summed E-state index contributed by atoms with van der Waals surface area (Å²) < 4.78 is 0. The first-order chi connectivity index (χ1) is 8.22. The summed E-state index contributed by atoms with van der Waals surface area (Å²) in [6.07, 6.45) is 2.19. The van der Waals surface area contributed by atoms with Crippen LogP contribution in [-0.4, -0.2) is 12.6 Å². The van der Waals surface area contributed by atoms with Gasteiger partial charge in [-0.25, -0.2) is 4.79 Å². The van der Waals surface area contributed by atoms with Crippen molar-refractivity contribution in [3.63, 3.8) is 0 Å². The lowest BCUT2D eigenvalue weighted by Gasteiger charge is -2.07. The van der Waals surface area contributed by atoms with E-state index >= 15 is 0 Å². The van der Waals surface area contributed by atoms with E-state index in [0.29, 0.717) is 13.0 Å². The van der Waals surface area contributed by atoms with E-state index in [0.717, 1.165) is 24.1 Å². The van der Waals surface area contributed by atoms with Crippen LogP contribution in [0.25, 0.3) is 0 Å². The minimum Gasteiger partial charge on any atom is -0.338 e. The molecule has 0 saturated carbocycles. The number of urea groups is 1. The number of aryl methyl sites for hydroxylation is 1. The highest BCUT2D eigenvalue weighted by Crippen LogP contribution is 2.08. The molecule has 1 rings (SSSR count). The normalized spacial score (nSPS) is 9.41. The quantitative estimate of drug-likeness (QED) is 0.765. The van der Waals surface area contributed by atoms with Crippen LogP contribution in [0.3, 0.4) is 0 Å². The van der Waals surface area contributed by atoms with Crippen LogP contribution in [0.4, 0.5) is 10.5 Å². The molecule has 90 valence electrons. The van der Waals surface area contributed by atoms with E-state index in [1.807, 2.05) is 31.2 Å². The van der Waals surface area contributed by atoms with E-state index in [9.17, 15) is 4.79 Å². The molecular weight excluding hydrogens is 214 g/mol. The van der Waals surface area contributed by atoms with Gasteiger partial charge in [-0.15, -0.1) is 0 Å². The van der Waals surface area contributed by atoms with Crippen molar-refractivity contribution in [3.05, 3.63) is 29.8 Å². The summed E-state index contributed by atoms with van der Waals surface area (Å²) in [7, 11) is 0. The fourth-order valence-corrected chi connectivity index (χ4v) is 1.43. The van der Waals surface area contributed by atoms with Crippen molar-refractivity contribution >= 4 is 11.7 Å². The van der Waals surface area contributed by atoms with Gasteiger partial charge in [-0.3, -0.25) is 0 Å². The number of hydrogen-bond donors (Lipinski definition) is 2. The van der Waals surface area contributed by atoms with Gasteiger partial charge in [-0.1, -0.05) is 12.1 Å². The lowest BCUT2D eigenvalue weighted by Crippen LogP contribution is -2.29. The molecule has 0 saturated heterocycles. The first-order valence-corrected chi connectivity index (χ1v) is 5.71. The summed E-state index contributed by atoms with van der Waals surface area (Å²) in [4.78, 5) is 11.5. The molecule has 2 amide bonds. The minimum absolute atomic E-state index is 0.201. The van der Waals surface area contributed by atoms with Gasteiger partial charge in [-0.05, 0) is 37.5 Å². The summed E-state index contributed by atoms with van der Waals surface area (Å²) in [6, 6.07) is 9.51. The number of nitriles is 1. The summed E-state index contributed by atoms with van der Waals surface area (Å²) >= 11 is 0. The van der Waals surface area contributed by atoms with E-state index in [-0.39, 0.29) is 6.03 Å². The number of benzene rings is 1. The topological polar surface area (TPSA) is 64.9 Å². The second-order valence-electron chi connectivity index (χ2n) is 3.87. The van der Waals surface area contributed by atoms with Crippen molar-refractivity contribution in [1.82, 2.24) is 5.32 Å². The van der Waals surface area contributed by atoms with Crippen LogP contribution in [0.15, 0.2) is 24.3 Å². The van der Waals surface area contributed by atoms with Crippen molar-refractivity contribution in [1.29, 1.82) is 5.26 Å². The number of rotatable bonds is 5. The lowest BCUT2D eigenvalue weighted by molar-refractivity contribution is 0.252. The van der Waals surface area contributed by atoms with Gasteiger partial charge >= 0.3 is 6.03 Å². The van der Waals surface area contributed by atoms with Gasteiger partial charge < -0.3 is 10.6 Å². The molecule has 0 atom stereocenters. The Hall–Kier alpha value is -2.02. The molecule has 0 aromatic heterocycles. The van der Waals surface area contributed by atoms with Crippen LogP contribution in [0.2, 0.25) is 0 Å². The maximum Gasteiger partial charge on any atom is 0.319 e. The van der Waals surface area contributed by atoms with Gasteiger partial charge in [0.15, 0.2) is 0 Å². The number of anilines is 1. The Morgan fingerprint density at radius 2 is 2.24 bits per heavy atom. The molecule has 17 heavy (non-hydrogen) atoms. The summed E-state index contributed by atoms with van der Waals surface area (Å²) in [5.74, 6) is 0. The predicted molar refractivity (Wildman–Crippen MR) is 67.7 cm³/mol. The molecule has 0 heterocycles. The molecule has 4 nitrogen and oxygen atoms in total. The first-order valence-electron chi connectivity index (χ1n) is 5.71. The summed E-state index contributed by atoms with van der Waals surface area (Å²) in [5, 5.41) is 13.9. The molecule has 1 aromatic carbocycles. The van der Waals surface area contributed by atoms with E-state index in [1.165, 1.54) is 0 Å². The van der Waals surface area contributed by atoms with Crippen molar-refractivity contribution in [2.24, 2.45) is 0 Å². The third-order valence-electron chi connectivity index (χ3n) is 2.28. The Bertz CT molecular complexity index is 409. The SMILES string of the molecule is Cc1cccc(NC(=O)NCCCCC#N)c1. The van der Waals surface area contributed by atoms with Crippen LogP contribution in [0.1, 0.15) is 24.8 Å². The fourth-order valence-electron chi connectivity index (χ4n) is 1.43. The Labute approximate surface area is 102 Å². The van der Waals surface area contributed by atoms with Gasteiger partial charge in [0.2, 0.25) is 0 Å². The first kappa shape index (κ1) is 13.0. The molecule has 0 aliphatic heterocycles. The smallest absolute Gasteiger partial charge is 0.319 e. The van der Waals surface area contributed by atoms with Gasteiger partial charge in [0.25, 0.3) is 0 Å². The van der Waals surface area contributed by atoms with E-state index < -0.39 is 0 Å². The molecule has 4 heteroatoms. The van der Waals surface area contributed by atoms with Gasteiger partial charge in [0.1, 0.15) is 0 Å². The molecule has 0 bridgehead atoms. The lowest BCUT2D eigenvalue weighted by atomic mass is 10.2. The molecule has 1 aromatic rings. The second kappa shape index (κ2) is 7.29. The van der Waals surface area contributed by atoms with Crippen molar-refractivity contribution in [2.75, 3.05) is 11.9 Å². The average molecular weight is 231 g/mol. The Morgan fingerprint density at radius 1 is 1.41 bits per heavy atom. The second-order valence-corrected chi connectivity index (χ2v) is 3.87. The van der Waals surface area contributed by atoms with Crippen LogP contribution in [-0.2, 0) is 0 Å². The third kappa shape index (κ3) is 5.57. The molecule has 2 N–H and O–H groups in total. The third-order valence-corrected chi connectivity index (χ3v) is 2.28. The van der Waals surface area contributed by atoms with E-state index in [2.05, 4.69) is 16.7 Å². The number of hydrogen-bond acceptors (Lipinski definition) is 2. The number of unbranched alkanes of at least 4 members (excludes halogenated alkanes) is 2. The number of nitrogens with one attached hydrogen (secondary N) is 2. The molecule has 0 unspecified atom stereocenters. The summed E-state index contributed by atoms with van der Waals surface area (Å²) in [6.45, 7) is 2.57. The molecular formula is C13H17N3O. The Morgan fingerprint density at radius 3 is 2.94 bits per heavy atom. The van der Waals surface area contributed by atoms with Gasteiger partial charge in [0, 0.05) is 18.7 Å². The van der Waals surface area contributed by atoms with Crippen LogP contribution >= 0.6 is 0 Å². The summed E-state index contributed by atoms with van der Waals surface area (Å²) in [5.41, 5.74) is 1.90. The van der Waals surface area contributed by atoms with Crippen LogP contribution in [0.5, 0.6) is 0 Å². The highest BCUT2D eigenvalue weighted by molar-refractivity contribution is 5.89. The standard InChI is InChI=1S/C13H17N3O/c1-11-6-5-7-12(10-11)16-13(17)15-9-4-2-3-8-14/h5-7,10H,2-4,9H2,1H3,(H2,15,16,17). The highest BCUT2D eigenvalue weighted by atomic mass is 16.2. The highest BCUT2D eigenvalue weighted by Gasteiger charge is 2.00. The maximum absolute atomic E-state index is 11.5.